The van der Waals surface area contributed by atoms with Crippen LogP contribution in [0.1, 0.15) is 23.6 Å². The van der Waals surface area contributed by atoms with Crippen LogP contribution in [0.25, 0.3) is 28.2 Å². The molecule has 0 aliphatic carbocycles. The molecule has 0 spiro atoms. The molecule has 1 aliphatic heterocycles. The second-order valence-electron chi connectivity index (χ2n) is 6.71. The number of fused-ring (bicyclic) bond motifs is 5. The molecule has 28 heavy (non-hydrogen) atoms. The van der Waals surface area contributed by atoms with Crippen LogP contribution in [0.4, 0.5) is 18.9 Å². The Bertz CT molecular complexity index is 1160. The number of benzene rings is 2. The van der Waals surface area contributed by atoms with Gasteiger partial charge in [0.1, 0.15) is 0 Å². The predicted octanol–water partition coefficient (Wildman–Crippen LogP) is 4.95. The van der Waals surface area contributed by atoms with Crippen LogP contribution < -0.4 is 5.32 Å². The Morgan fingerprint density at radius 1 is 1.14 bits per heavy atom. The number of alkyl halides is 3. The van der Waals surface area contributed by atoms with E-state index in [0.717, 1.165) is 17.7 Å². The number of H-pyrrole nitrogens is 1. The highest BCUT2D eigenvalue weighted by molar-refractivity contribution is 6.05. The van der Waals surface area contributed by atoms with Crippen molar-refractivity contribution in [1.29, 1.82) is 0 Å². The Kier molecular flexibility index (Phi) is 4.10. The van der Waals surface area contributed by atoms with Gasteiger partial charge in [-0.25, -0.2) is 0 Å². The average Bonchev–Trinajstić information content (AvgIpc) is 2.90. The molecule has 142 valence electrons. The van der Waals surface area contributed by atoms with Gasteiger partial charge in [0.05, 0.1) is 23.4 Å². The summed E-state index contributed by atoms with van der Waals surface area (Å²) in [5, 5.41) is 3.16. The van der Waals surface area contributed by atoms with Crippen LogP contribution in [0, 0.1) is 0 Å². The van der Waals surface area contributed by atoms with Gasteiger partial charge in [0.15, 0.2) is 5.78 Å². The fraction of sp³-hybridized carbons (Fsp3) is 0.143. The molecule has 7 heteroatoms. The number of carbonyl (C=O) groups excluding carboxylic acids is 2. The Morgan fingerprint density at radius 3 is 2.64 bits per heavy atom. The number of anilines is 1. The summed E-state index contributed by atoms with van der Waals surface area (Å²) in [5.74, 6) is -0.403. The van der Waals surface area contributed by atoms with Crippen molar-refractivity contribution in [3.8, 4) is 11.3 Å². The summed E-state index contributed by atoms with van der Waals surface area (Å²) in [6.07, 6.45) is -1.42. The van der Waals surface area contributed by atoms with Crippen molar-refractivity contribution < 1.29 is 22.8 Å². The van der Waals surface area contributed by atoms with Crippen LogP contribution in [-0.4, -0.2) is 16.7 Å². The molecule has 1 amide bonds. The first-order chi connectivity index (χ1) is 13.2. The van der Waals surface area contributed by atoms with E-state index in [1.165, 1.54) is 19.1 Å². The fourth-order valence-corrected chi connectivity index (χ4v) is 3.39. The second kappa shape index (κ2) is 6.37. The van der Waals surface area contributed by atoms with Crippen molar-refractivity contribution in [3.05, 3.63) is 59.2 Å². The van der Waals surface area contributed by atoms with Crippen LogP contribution >= 0.6 is 0 Å². The molecule has 0 unspecified atom stereocenters. The molecule has 0 saturated carbocycles. The zero-order valence-corrected chi connectivity index (χ0v) is 14.8. The summed E-state index contributed by atoms with van der Waals surface area (Å²) in [5.41, 5.74) is 2.85. The van der Waals surface area contributed by atoms with Crippen LogP contribution in [0.15, 0.2) is 42.5 Å². The third-order valence-corrected chi connectivity index (χ3v) is 4.67. The minimum atomic E-state index is -4.46. The van der Waals surface area contributed by atoms with Gasteiger partial charge in [-0.05, 0) is 54.5 Å². The van der Waals surface area contributed by atoms with E-state index in [2.05, 4.69) is 10.3 Å². The topological polar surface area (TPSA) is 62.0 Å². The third kappa shape index (κ3) is 3.19. The van der Waals surface area contributed by atoms with Crippen molar-refractivity contribution in [1.82, 2.24) is 4.98 Å². The molecular weight excluding hydrogens is 369 g/mol. The predicted molar refractivity (Wildman–Crippen MR) is 101 cm³/mol. The fourth-order valence-electron chi connectivity index (χ4n) is 3.39. The minimum absolute atomic E-state index is 0.0378. The Hall–Kier alpha value is -3.35. The zero-order chi connectivity index (χ0) is 20.1. The molecule has 0 bridgehead atoms. The van der Waals surface area contributed by atoms with E-state index in [9.17, 15) is 22.8 Å². The Labute approximate surface area is 158 Å². The van der Waals surface area contributed by atoms with Crippen LogP contribution in [-0.2, 0) is 22.2 Å². The van der Waals surface area contributed by atoms with Gasteiger partial charge in [0.2, 0.25) is 5.91 Å². The highest BCUT2D eigenvalue weighted by atomic mass is 19.4. The van der Waals surface area contributed by atoms with E-state index < -0.39 is 11.7 Å². The lowest BCUT2D eigenvalue weighted by molar-refractivity contribution is -0.137. The number of carbonyl (C=O) groups is 2. The molecule has 2 heterocycles. The number of nitrogens with one attached hydrogen (secondary N) is 2. The second-order valence-corrected chi connectivity index (χ2v) is 6.71. The number of amides is 1. The van der Waals surface area contributed by atoms with E-state index in [4.69, 9.17) is 0 Å². The molecular formula is C21H15F3N2O2. The van der Waals surface area contributed by atoms with Gasteiger partial charge < -0.3 is 10.3 Å². The normalized spacial score (nSPS) is 13.9. The van der Waals surface area contributed by atoms with Gasteiger partial charge in [-0.15, -0.1) is 0 Å². The lowest BCUT2D eigenvalue weighted by atomic mass is 10.00. The van der Waals surface area contributed by atoms with Crippen LogP contribution in [0.3, 0.4) is 0 Å². The molecule has 4 nitrogen and oxygen atoms in total. The van der Waals surface area contributed by atoms with Crippen LogP contribution in [0.2, 0.25) is 0 Å². The summed E-state index contributed by atoms with van der Waals surface area (Å²) in [6.45, 7) is 1.44. The molecule has 1 aromatic heterocycles. The van der Waals surface area contributed by atoms with Gasteiger partial charge in [-0.3, -0.25) is 9.59 Å². The number of hydrogen-bond donors (Lipinski definition) is 2. The molecule has 0 saturated heterocycles. The standard InChI is InChI=1S/C21H15F3N2O2/c1-11(27)2-3-12-4-6-18-16(8-12)20-15(10-19(28)25-18)14-9-13(21(22,23)24)5-7-17(14)26-20/h2-9,26H,10H2,1H3,(H,25,28). The Balaban J connectivity index is 1.94. The maximum Gasteiger partial charge on any atom is 0.416 e. The minimum Gasteiger partial charge on any atom is -0.354 e. The monoisotopic (exact) mass is 384 g/mol. The molecule has 2 N–H and O–H groups in total. The quantitative estimate of drug-likeness (QED) is 0.614. The van der Waals surface area contributed by atoms with Gasteiger partial charge in [0.25, 0.3) is 0 Å². The summed E-state index contributed by atoms with van der Waals surface area (Å²) < 4.78 is 39.4. The molecule has 0 atom stereocenters. The lowest BCUT2D eigenvalue weighted by Crippen LogP contribution is -2.12. The molecule has 0 radical (unpaired) electrons. The van der Waals surface area contributed by atoms with E-state index in [-0.39, 0.29) is 18.1 Å². The van der Waals surface area contributed by atoms with Gasteiger partial charge in [0, 0.05) is 16.5 Å². The van der Waals surface area contributed by atoms with Gasteiger partial charge in [-0.1, -0.05) is 12.1 Å². The van der Waals surface area contributed by atoms with Gasteiger partial charge >= 0.3 is 6.18 Å². The number of rotatable bonds is 2. The first-order valence-electron chi connectivity index (χ1n) is 8.57. The van der Waals surface area contributed by atoms with Crippen molar-refractivity contribution >= 4 is 34.4 Å². The zero-order valence-electron chi connectivity index (χ0n) is 14.8. The molecule has 3 aromatic rings. The summed E-state index contributed by atoms with van der Waals surface area (Å²) in [4.78, 5) is 26.7. The van der Waals surface area contributed by atoms with Crippen molar-refractivity contribution in [2.45, 2.75) is 19.5 Å². The lowest BCUT2D eigenvalue weighted by Gasteiger charge is -2.08. The van der Waals surface area contributed by atoms with Crippen molar-refractivity contribution in [2.75, 3.05) is 5.32 Å². The first kappa shape index (κ1) is 18.0. The van der Waals surface area contributed by atoms with Gasteiger partial charge in [-0.2, -0.15) is 13.2 Å². The molecule has 4 rings (SSSR count). The van der Waals surface area contributed by atoms with E-state index in [1.54, 1.807) is 24.3 Å². The summed E-state index contributed by atoms with van der Waals surface area (Å²) in [6, 6.07) is 8.74. The number of aromatic amines is 1. The first-order valence-corrected chi connectivity index (χ1v) is 8.57. The molecule has 0 fully saturated rings. The van der Waals surface area contributed by atoms with E-state index in [0.29, 0.717) is 33.4 Å². The third-order valence-electron chi connectivity index (χ3n) is 4.67. The SMILES string of the molecule is CC(=O)C=Cc1ccc2c(c1)-c1[nH]c3ccc(C(F)(F)F)cc3c1CC(=O)N2. The number of ketones is 1. The molecule has 2 aromatic carbocycles. The average molecular weight is 384 g/mol. The molecule has 1 aliphatic rings. The number of allylic oxidation sites excluding steroid dienone is 1. The van der Waals surface area contributed by atoms with Crippen molar-refractivity contribution in [3.63, 3.8) is 0 Å². The Morgan fingerprint density at radius 2 is 1.93 bits per heavy atom. The number of halogens is 3. The number of hydrogen-bond acceptors (Lipinski definition) is 2. The summed E-state index contributed by atoms with van der Waals surface area (Å²) >= 11 is 0. The highest BCUT2D eigenvalue weighted by Crippen LogP contribution is 2.40. The smallest absolute Gasteiger partial charge is 0.354 e. The summed E-state index contributed by atoms with van der Waals surface area (Å²) in [7, 11) is 0. The number of aromatic nitrogens is 1. The maximum absolute atomic E-state index is 13.1. The van der Waals surface area contributed by atoms with E-state index >= 15 is 0 Å². The van der Waals surface area contributed by atoms with E-state index in [1.807, 2.05) is 0 Å². The largest absolute Gasteiger partial charge is 0.416 e. The van der Waals surface area contributed by atoms with Crippen molar-refractivity contribution in [2.24, 2.45) is 0 Å². The highest BCUT2D eigenvalue weighted by Gasteiger charge is 2.32. The maximum atomic E-state index is 13.1. The van der Waals surface area contributed by atoms with Crippen LogP contribution in [0.5, 0.6) is 0 Å².